The van der Waals surface area contributed by atoms with Gasteiger partial charge >= 0.3 is 0 Å². The molecule has 0 radical (unpaired) electrons. The zero-order valence-electron chi connectivity index (χ0n) is 16.8. The van der Waals surface area contributed by atoms with E-state index in [-0.39, 0.29) is 30.5 Å². The zero-order valence-corrected chi connectivity index (χ0v) is 18.4. The highest BCUT2D eigenvalue weighted by Crippen LogP contribution is 2.39. The molecule has 3 aromatic rings. The van der Waals surface area contributed by atoms with Crippen molar-refractivity contribution < 1.29 is 22.5 Å². The molecule has 9 nitrogen and oxygen atoms in total. The van der Waals surface area contributed by atoms with E-state index in [4.69, 9.17) is 20.9 Å². The van der Waals surface area contributed by atoms with Crippen molar-refractivity contribution in [1.29, 1.82) is 0 Å². The Bertz CT molecular complexity index is 1270. The van der Waals surface area contributed by atoms with E-state index in [1.54, 1.807) is 24.3 Å². The van der Waals surface area contributed by atoms with Crippen molar-refractivity contribution in [2.24, 2.45) is 0 Å². The molecule has 2 heterocycles. The van der Waals surface area contributed by atoms with Crippen LogP contribution in [0.2, 0.25) is 5.02 Å². The second kappa shape index (κ2) is 8.19. The lowest BCUT2D eigenvalue weighted by molar-refractivity contribution is -0.121. The fourth-order valence-electron chi connectivity index (χ4n) is 3.36. The van der Waals surface area contributed by atoms with Crippen LogP contribution in [0.3, 0.4) is 0 Å². The van der Waals surface area contributed by atoms with Crippen molar-refractivity contribution in [2.75, 3.05) is 11.5 Å². The minimum atomic E-state index is -3.84. The Labute approximate surface area is 189 Å². The molecule has 1 fully saturated rings. The van der Waals surface area contributed by atoms with Gasteiger partial charge in [-0.3, -0.25) is 9.69 Å². The van der Waals surface area contributed by atoms with E-state index < -0.39 is 10.0 Å². The first kappa shape index (κ1) is 20.9. The number of fused-ring (bicyclic) bond motifs is 1. The number of halogens is 1. The minimum absolute atomic E-state index is 0.0142. The molecule has 1 aliphatic carbocycles. The van der Waals surface area contributed by atoms with Gasteiger partial charge in [-0.05, 0) is 48.7 Å². The molecule has 1 aliphatic heterocycles. The molecule has 166 valence electrons. The van der Waals surface area contributed by atoms with Gasteiger partial charge in [0.1, 0.15) is 5.75 Å². The van der Waals surface area contributed by atoms with Crippen LogP contribution in [0.4, 0.5) is 5.69 Å². The summed E-state index contributed by atoms with van der Waals surface area (Å²) in [6, 6.07) is 11.3. The first-order valence-corrected chi connectivity index (χ1v) is 11.9. The van der Waals surface area contributed by atoms with Gasteiger partial charge < -0.3 is 9.26 Å². The van der Waals surface area contributed by atoms with E-state index >= 15 is 0 Å². The highest BCUT2D eigenvalue weighted by molar-refractivity contribution is 7.89. The summed E-state index contributed by atoms with van der Waals surface area (Å²) in [5.41, 5.74) is 1.10. The van der Waals surface area contributed by atoms with Gasteiger partial charge in [-0.25, -0.2) is 13.1 Å². The Morgan fingerprint density at radius 1 is 1.16 bits per heavy atom. The molecule has 2 aromatic carbocycles. The lowest BCUT2D eigenvalue weighted by Crippen LogP contribution is -2.38. The maximum atomic E-state index is 12.9. The summed E-state index contributed by atoms with van der Waals surface area (Å²) < 4.78 is 39.0. The van der Waals surface area contributed by atoms with E-state index in [0.29, 0.717) is 34.1 Å². The van der Waals surface area contributed by atoms with Crippen molar-refractivity contribution in [2.45, 2.75) is 36.7 Å². The van der Waals surface area contributed by atoms with Crippen molar-refractivity contribution in [3.63, 3.8) is 0 Å². The van der Waals surface area contributed by atoms with Crippen LogP contribution in [0.1, 0.15) is 36.0 Å². The predicted octanol–water partition coefficient (Wildman–Crippen LogP) is 3.00. The third kappa shape index (κ3) is 4.34. The number of aromatic nitrogens is 2. The molecule has 0 bridgehead atoms. The first-order valence-electron chi connectivity index (χ1n) is 10.0. The predicted molar refractivity (Wildman–Crippen MR) is 115 cm³/mol. The molecule has 0 atom stereocenters. The standard InChI is InChI=1S/C21H19ClN4O5S/c22-15-5-1-13(2-6-15)10-23-32(28,29)16-7-8-18-17(9-16)26(20(27)12-30-18)11-19-24-21(31-25-19)14-3-4-14/h1-2,5-9,14,23H,3-4,10-12H2. The van der Waals surface area contributed by atoms with Crippen LogP contribution >= 0.6 is 11.6 Å². The molecule has 5 rings (SSSR count). The molecule has 11 heteroatoms. The SMILES string of the molecule is O=C1COc2ccc(S(=O)(=O)NCc3ccc(Cl)cc3)cc2N1Cc1noc(C2CC2)n1. The molecule has 32 heavy (non-hydrogen) atoms. The maximum Gasteiger partial charge on any atom is 0.265 e. The van der Waals surface area contributed by atoms with Crippen molar-refractivity contribution in [3.05, 3.63) is 64.8 Å². The average Bonchev–Trinajstić information content (AvgIpc) is 3.53. The van der Waals surface area contributed by atoms with Crippen LogP contribution in [-0.2, 0) is 27.9 Å². The summed E-state index contributed by atoms with van der Waals surface area (Å²) in [6.07, 6.45) is 2.04. The number of rotatable bonds is 7. The molecule has 1 N–H and O–H groups in total. The first-order chi connectivity index (χ1) is 15.4. The van der Waals surface area contributed by atoms with Gasteiger partial charge in [0.05, 0.1) is 17.1 Å². The Morgan fingerprint density at radius 3 is 2.69 bits per heavy atom. The summed E-state index contributed by atoms with van der Waals surface area (Å²) in [6.45, 7) is 0.0108. The summed E-state index contributed by atoms with van der Waals surface area (Å²) in [7, 11) is -3.84. The van der Waals surface area contributed by atoms with Gasteiger partial charge in [0.15, 0.2) is 12.4 Å². The minimum Gasteiger partial charge on any atom is -0.482 e. The third-order valence-corrected chi connectivity index (χ3v) is 6.92. The third-order valence-electron chi connectivity index (χ3n) is 5.27. The number of nitrogens with zero attached hydrogens (tertiary/aromatic N) is 3. The smallest absolute Gasteiger partial charge is 0.265 e. The quantitative estimate of drug-likeness (QED) is 0.559. The second-order valence-corrected chi connectivity index (χ2v) is 9.88. The number of benzene rings is 2. The largest absolute Gasteiger partial charge is 0.482 e. The average molecular weight is 475 g/mol. The number of hydrogen-bond acceptors (Lipinski definition) is 7. The van der Waals surface area contributed by atoms with E-state index in [2.05, 4.69) is 14.9 Å². The number of carbonyl (C=O) groups excluding carboxylic acids is 1. The highest BCUT2D eigenvalue weighted by atomic mass is 35.5. The fourth-order valence-corrected chi connectivity index (χ4v) is 4.52. The summed E-state index contributed by atoms with van der Waals surface area (Å²) in [5, 5.41) is 4.53. The number of anilines is 1. The number of ether oxygens (including phenoxy) is 1. The molecular formula is C21H19ClN4O5S. The van der Waals surface area contributed by atoms with Crippen molar-refractivity contribution >= 4 is 33.2 Å². The van der Waals surface area contributed by atoms with Crippen LogP contribution in [0.15, 0.2) is 51.9 Å². The molecule has 0 unspecified atom stereocenters. The van der Waals surface area contributed by atoms with E-state index in [1.165, 1.54) is 23.1 Å². The second-order valence-electron chi connectivity index (χ2n) is 7.67. The topological polar surface area (TPSA) is 115 Å². The van der Waals surface area contributed by atoms with E-state index in [0.717, 1.165) is 18.4 Å². The van der Waals surface area contributed by atoms with Gasteiger partial charge in [0, 0.05) is 17.5 Å². The van der Waals surface area contributed by atoms with Crippen LogP contribution in [0, 0.1) is 0 Å². The fraction of sp³-hybridized carbons (Fsp3) is 0.286. The number of hydrogen-bond donors (Lipinski definition) is 1. The van der Waals surface area contributed by atoms with Gasteiger partial charge in [0.2, 0.25) is 15.9 Å². The Hall–Kier alpha value is -2.95. The summed E-state index contributed by atoms with van der Waals surface area (Å²) in [4.78, 5) is 18.3. The summed E-state index contributed by atoms with van der Waals surface area (Å²) in [5.74, 6) is 1.32. The Balaban J connectivity index is 1.38. The lowest BCUT2D eigenvalue weighted by atomic mass is 10.2. The Kier molecular flexibility index (Phi) is 5.36. The maximum absolute atomic E-state index is 12.9. The number of carbonyl (C=O) groups is 1. The van der Waals surface area contributed by atoms with E-state index in [1.807, 2.05) is 0 Å². The van der Waals surface area contributed by atoms with Crippen LogP contribution < -0.4 is 14.4 Å². The van der Waals surface area contributed by atoms with Gasteiger partial charge in [0.25, 0.3) is 5.91 Å². The van der Waals surface area contributed by atoms with Crippen molar-refractivity contribution in [1.82, 2.24) is 14.9 Å². The van der Waals surface area contributed by atoms with Gasteiger partial charge in [-0.1, -0.05) is 28.9 Å². The van der Waals surface area contributed by atoms with Crippen LogP contribution in [-0.4, -0.2) is 31.1 Å². The molecule has 0 spiro atoms. The zero-order chi connectivity index (χ0) is 22.3. The van der Waals surface area contributed by atoms with E-state index in [9.17, 15) is 13.2 Å². The molecule has 1 saturated carbocycles. The molecule has 0 saturated heterocycles. The highest BCUT2D eigenvalue weighted by Gasteiger charge is 2.32. The molecule has 1 aromatic heterocycles. The normalized spacial score (nSPS) is 16.0. The number of amides is 1. The lowest BCUT2D eigenvalue weighted by Gasteiger charge is -2.28. The molecule has 2 aliphatic rings. The summed E-state index contributed by atoms with van der Waals surface area (Å²) >= 11 is 5.87. The van der Waals surface area contributed by atoms with Gasteiger partial charge in [-0.15, -0.1) is 0 Å². The van der Waals surface area contributed by atoms with Crippen LogP contribution in [0.25, 0.3) is 0 Å². The van der Waals surface area contributed by atoms with Gasteiger partial charge in [-0.2, -0.15) is 4.98 Å². The number of nitrogens with one attached hydrogen (secondary N) is 1. The monoisotopic (exact) mass is 474 g/mol. The number of sulfonamides is 1. The molecule has 1 amide bonds. The van der Waals surface area contributed by atoms with Crippen LogP contribution in [0.5, 0.6) is 5.75 Å². The Morgan fingerprint density at radius 2 is 1.94 bits per heavy atom. The van der Waals surface area contributed by atoms with Crippen molar-refractivity contribution in [3.8, 4) is 5.75 Å². The molecular weight excluding hydrogens is 456 g/mol.